The molecule has 0 atom stereocenters. The van der Waals surface area contributed by atoms with E-state index in [9.17, 15) is 9.90 Å². The third-order valence-corrected chi connectivity index (χ3v) is 4.53. The summed E-state index contributed by atoms with van der Waals surface area (Å²) in [6, 6.07) is 14.3. The Kier molecular flexibility index (Phi) is 3.85. The molecule has 0 unspecified atom stereocenters. The van der Waals surface area contributed by atoms with E-state index in [-0.39, 0.29) is 11.8 Å². The van der Waals surface area contributed by atoms with E-state index in [1.165, 1.54) is 0 Å². The van der Waals surface area contributed by atoms with Crippen molar-refractivity contribution in [2.45, 2.75) is 39.5 Å². The molecule has 0 aromatic heterocycles. The first-order chi connectivity index (χ1) is 10.9. The molecule has 0 aliphatic carbocycles. The normalized spacial score (nSPS) is 11.7. The number of aromatic carboxylic acids is 1. The smallest absolute Gasteiger partial charge is 0.336 e. The summed E-state index contributed by atoms with van der Waals surface area (Å²) < 4.78 is 0. The van der Waals surface area contributed by atoms with E-state index < -0.39 is 5.97 Å². The molecule has 0 fully saturated rings. The van der Waals surface area contributed by atoms with Crippen molar-refractivity contribution in [3.05, 3.63) is 59.2 Å². The molecule has 0 radical (unpaired) electrons. The van der Waals surface area contributed by atoms with E-state index in [1.54, 1.807) is 0 Å². The van der Waals surface area contributed by atoms with Gasteiger partial charge in [0.25, 0.3) is 0 Å². The molecule has 0 spiro atoms. The fraction of sp³-hybridized carbons (Fsp3) is 0.286. The number of hydrogen-bond donors (Lipinski definition) is 1. The molecule has 2 nitrogen and oxygen atoms in total. The standard InChI is InChI=1S/C21H22O2/c1-12(2)17-11-18-15-8-6-5-7-14(15)9-10-16(18)20(21(22)23)19(17)13(3)4/h5-13H,1-4H3,(H,22,23). The van der Waals surface area contributed by atoms with Crippen molar-refractivity contribution in [2.75, 3.05) is 0 Å². The quantitative estimate of drug-likeness (QED) is 0.608. The number of carboxylic acid groups (broad SMARTS) is 1. The molecule has 0 aliphatic heterocycles. The average Bonchev–Trinajstić information content (AvgIpc) is 2.52. The Hall–Kier alpha value is -2.35. The fourth-order valence-electron chi connectivity index (χ4n) is 3.52. The molecule has 3 rings (SSSR count). The highest BCUT2D eigenvalue weighted by Gasteiger charge is 2.22. The molecule has 0 heterocycles. The highest BCUT2D eigenvalue weighted by molar-refractivity contribution is 6.15. The second kappa shape index (κ2) is 5.69. The highest BCUT2D eigenvalue weighted by Crippen LogP contribution is 2.37. The topological polar surface area (TPSA) is 37.3 Å². The molecule has 3 aromatic carbocycles. The third-order valence-electron chi connectivity index (χ3n) is 4.53. The summed E-state index contributed by atoms with van der Waals surface area (Å²) in [4.78, 5) is 12.1. The van der Waals surface area contributed by atoms with E-state index in [0.29, 0.717) is 5.56 Å². The largest absolute Gasteiger partial charge is 0.478 e. The maximum Gasteiger partial charge on any atom is 0.336 e. The molecule has 1 N–H and O–H groups in total. The Labute approximate surface area is 136 Å². The molecular formula is C21H22O2. The highest BCUT2D eigenvalue weighted by atomic mass is 16.4. The van der Waals surface area contributed by atoms with E-state index in [4.69, 9.17) is 0 Å². The van der Waals surface area contributed by atoms with Crippen LogP contribution in [0.25, 0.3) is 21.5 Å². The summed E-state index contributed by atoms with van der Waals surface area (Å²) in [5.74, 6) is -0.375. The molecule has 0 bridgehead atoms. The van der Waals surface area contributed by atoms with Gasteiger partial charge in [-0.1, -0.05) is 64.1 Å². The summed E-state index contributed by atoms with van der Waals surface area (Å²) in [6.07, 6.45) is 0. The van der Waals surface area contributed by atoms with Crippen molar-refractivity contribution in [3.8, 4) is 0 Å². The van der Waals surface area contributed by atoms with Crippen LogP contribution in [-0.4, -0.2) is 11.1 Å². The molecule has 2 heteroatoms. The minimum Gasteiger partial charge on any atom is -0.478 e. The van der Waals surface area contributed by atoms with Gasteiger partial charge in [0.05, 0.1) is 5.56 Å². The van der Waals surface area contributed by atoms with Crippen molar-refractivity contribution < 1.29 is 9.90 Å². The molecule has 23 heavy (non-hydrogen) atoms. The molecule has 0 saturated carbocycles. The monoisotopic (exact) mass is 306 g/mol. The lowest BCUT2D eigenvalue weighted by Gasteiger charge is -2.21. The summed E-state index contributed by atoms with van der Waals surface area (Å²) in [5.41, 5.74) is 2.57. The SMILES string of the molecule is CC(C)c1cc2c(ccc3ccccc32)c(C(=O)O)c1C(C)C. The summed E-state index contributed by atoms with van der Waals surface area (Å²) in [6.45, 7) is 8.40. The predicted molar refractivity (Wildman–Crippen MR) is 96.6 cm³/mol. The lowest BCUT2D eigenvalue weighted by molar-refractivity contribution is 0.0697. The number of rotatable bonds is 3. The first-order valence-electron chi connectivity index (χ1n) is 8.13. The maximum atomic E-state index is 12.1. The molecular weight excluding hydrogens is 284 g/mol. The van der Waals surface area contributed by atoms with E-state index in [0.717, 1.165) is 32.7 Å². The van der Waals surface area contributed by atoms with Gasteiger partial charge < -0.3 is 5.11 Å². The van der Waals surface area contributed by atoms with Crippen LogP contribution in [0.4, 0.5) is 0 Å². The first-order valence-corrected chi connectivity index (χ1v) is 8.13. The Morgan fingerprint density at radius 2 is 1.57 bits per heavy atom. The molecule has 0 aliphatic rings. The van der Waals surface area contributed by atoms with Gasteiger partial charge in [-0.25, -0.2) is 4.79 Å². The number of hydrogen-bond acceptors (Lipinski definition) is 1. The minimum atomic E-state index is -0.837. The molecule has 3 aromatic rings. The zero-order valence-electron chi connectivity index (χ0n) is 14.1. The zero-order valence-corrected chi connectivity index (χ0v) is 14.1. The Morgan fingerprint density at radius 3 is 2.17 bits per heavy atom. The predicted octanol–water partition coefficient (Wildman–Crippen LogP) is 5.94. The number of carbonyl (C=O) groups is 1. The van der Waals surface area contributed by atoms with E-state index in [2.05, 4.69) is 45.9 Å². The van der Waals surface area contributed by atoms with Crippen LogP contribution in [0, 0.1) is 0 Å². The number of fused-ring (bicyclic) bond motifs is 3. The van der Waals surface area contributed by atoms with Gasteiger partial charge in [0.15, 0.2) is 0 Å². The second-order valence-corrected chi connectivity index (χ2v) is 6.75. The fourth-order valence-corrected chi connectivity index (χ4v) is 3.52. The van der Waals surface area contributed by atoms with Crippen LogP contribution in [0.2, 0.25) is 0 Å². The lowest BCUT2D eigenvalue weighted by atomic mass is 9.83. The number of benzene rings is 3. The summed E-state index contributed by atoms with van der Waals surface area (Å²) in [5, 5.41) is 14.0. The van der Waals surface area contributed by atoms with Crippen molar-refractivity contribution in [2.24, 2.45) is 0 Å². The van der Waals surface area contributed by atoms with Gasteiger partial charge >= 0.3 is 5.97 Å². The van der Waals surface area contributed by atoms with Crippen LogP contribution in [0.3, 0.4) is 0 Å². The molecule has 0 saturated heterocycles. The van der Waals surface area contributed by atoms with Crippen molar-refractivity contribution in [1.29, 1.82) is 0 Å². The Balaban J connectivity index is 2.57. The maximum absolute atomic E-state index is 12.1. The van der Waals surface area contributed by atoms with Gasteiger partial charge in [0.1, 0.15) is 0 Å². The molecule has 118 valence electrons. The Bertz CT molecular complexity index is 904. The second-order valence-electron chi connectivity index (χ2n) is 6.75. The third kappa shape index (κ3) is 2.48. The molecule has 0 amide bonds. The summed E-state index contributed by atoms with van der Waals surface area (Å²) in [7, 11) is 0. The Morgan fingerprint density at radius 1 is 0.870 bits per heavy atom. The van der Waals surface area contributed by atoms with Crippen LogP contribution >= 0.6 is 0 Å². The zero-order chi connectivity index (χ0) is 16.7. The van der Waals surface area contributed by atoms with E-state index >= 15 is 0 Å². The van der Waals surface area contributed by atoms with Crippen LogP contribution in [0.1, 0.15) is 61.0 Å². The average molecular weight is 306 g/mol. The van der Waals surface area contributed by atoms with Gasteiger partial charge in [0.2, 0.25) is 0 Å². The van der Waals surface area contributed by atoms with Gasteiger partial charge in [-0.2, -0.15) is 0 Å². The van der Waals surface area contributed by atoms with Crippen LogP contribution in [0.15, 0.2) is 42.5 Å². The van der Waals surface area contributed by atoms with Crippen molar-refractivity contribution in [1.82, 2.24) is 0 Å². The van der Waals surface area contributed by atoms with Crippen molar-refractivity contribution in [3.63, 3.8) is 0 Å². The van der Waals surface area contributed by atoms with Gasteiger partial charge in [-0.05, 0) is 50.6 Å². The van der Waals surface area contributed by atoms with Gasteiger partial charge in [0, 0.05) is 0 Å². The summed E-state index contributed by atoms with van der Waals surface area (Å²) >= 11 is 0. The minimum absolute atomic E-state index is 0.175. The van der Waals surface area contributed by atoms with E-state index in [1.807, 2.05) is 24.3 Å². The van der Waals surface area contributed by atoms with Crippen molar-refractivity contribution >= 4 is 27.5 Å². The first kappa shape index (κ1) is 15.5. The van der Waals surface area contributed by atoms with Crippen LogP contribution in [0.5, 0.6) is 0 Å². The van der Waals surface area contributed by atoms with Gasteiger partial charge in [-0.15, -0.1) is 0 Å². The van der Waals surface area contributed by atoms with Crippen LogP contribution in [-0.2, 0) is 0 Å². The van der Waals surface area contributed by atoms with Crippen LogP contribution < -0.4 is 0 Å². The number of carboxylic acids is 1. The van der Waals surface area contributed by atoms with Gasteiger partial charge in [-0.3, -0.25) is 0 Å². The lowest BCUT2D eigenvalue weighted by Crippen LogP contribution is -2.10.